The molecule has 0 aliphatic heterocycles. The zero-order valence-corrected chi connectivity index (χ0v) is 15.0. The lowest BCUT2D eigenvalue weighted by molar-refractivity contribution is -0.106. The molecule has 0 aliphatic rings. The van der Waals surface area contributed by atoms with Gasteiger partial charge in [-0.3, -0.25) is 0 Å². The van der Waals surface area contributed by atoms with E-state index in [2.05, 4.69) is 13.8 Å². The molecule has 0 aromatic rings. The van der Waals surface area contributed by atoms with Crippen LogP contribution in [0.5, 0.6) is 0 Å². The zero-order chi connectivity index (χ0) is 16.7. The Morgan fingerprint density at radius 3 is 1.45 bits per heavy atom. The first kappa shape index (κ1) is 21.9. The summed E-state index contributed by atoms with van der Waals surface area (Å²) in [6.45, 7) is 4.05. The SMILES string of the molecule is CCCCCCCCCCC(O)(CCCCCC)C(O)CO. The number of rotatable bonds is 16. The highest BCUT2D eigenvalue weighted by molar-refractivity contribution is 4.86. The van der Waals surface area contributed by atoms with Crippen LogP contribution in [0.2, 0.25) is 0 Å². The van der Waals surface area contributed by atoms with Crippen molar-refractivity contribution in [3.8, 4) is 0 Å². The molecule has 0 radical (unpaired) electrons. The first-order valence-corrected chi connectivity index (χ1v) is 9.62. The van der Waals surface area contributed by atoms with Crippen LogP contribution in [-0.4, -0.2) is 33.6 Å². The Labute approximate surface area is 138 Å². The second-order valence-corrected chi connectivity index (χ2v) is 6.84. The summed E-state index contributed by atoms with van der Waals surface area (Å²) in [6.07, 6.45) is 14.4. The van der Waals surface area contributed by atoms with Crippen LogP contribution < -0.4 is 0 Å². The van der Waals surface area contributed by atoms with Gasteiger partial charge in [0.2, 0.25) is 0 Å². The second kappa shape index (κ2) is 14.5. The van der Waals surface area contributed by atoms with Crippen LogP contribution in [0.1, 0.15) is 104 Å². The molecule has 0 spiro atoms. The van der Waals surface area contributed by atoms with Gasteiger partial charge in [0, 0.05) is 0 Å². The Balaban J connectivity index is 3.88. The minimum Gasteiger partial charge on any atom is -0.394 e. The van der Waals surface area contributed by atoms with Crippen LogP contribution >= 0.6 is 0 Å². The highest BCUT2D eigenvalue weighted by Gasteiger charge is 2.33. The second-order valence-electron chi connectivity index (χ2n) is 6.84. The van der Waals surface area contributed by atoms with Gasteiger partial charge in [0.1, 0.15) is 6.10 Å². The standard InChI is InChI=1S/C19H40O3/c1-3-5-7-9-10-11-12-14-16-19(22,18(21)17-20)15-13-8-6-4-2/h18,20-22H,3-17H2,1-2H3. The Morgan fingerprint density at radius 2 is 1.05 bits per heavy atom. The van der Waals surface area contributed by atoms with Gasteiger partial charge in [-0.25, -0.2) is 0 Å². The Kier molecular flexibility index (Phi) is 14.4. The van der Waals surface area contributed by atoms with Gasteiger partial charge in [0.05, 0.1) is 12.2 Å². The summed E-state index contributed by atoms with van der Waals surface area (Å²) in [5, 5.41) is 29.8. The molecule has 22 heavy (non-hydrogen) atoms. The average molecular weight is 317 g/mol. The lowest BCUT2D eigenvalue weighted by atomic mass is 9.85. The molecule has 0 aromatic heterocycles. The normalized spacial score (nSPS) is 15.7. The fraction of sp³-hybridized carbons (Fsp3) is 1.00. The van der Waals surface area contributed by atoms with Gasteiger partial charge in [-0.1, -0.05) is 90.9 Å². The quantitative estimate of drug-likeness (QED) is 0.365. The van der Waals surface area contributed by atoms with E-state index in [1.165, 1.54) is 51.4 Å². The van der Waals surface area contributed by atoms with Crippen molar-refractivity contribution in [1.29, 1.82) is 0 Å². The van der Waals surface area contributed by atoms with Crippen LogP contribution in [-0.2, 0) is 0 Å². The highest BCUT2D eigenvalue weighted by Crippen LogP contribution is 2.26. The topological polar surface area (TPSA) is 60.7 Å². The predicted octanol–water partition coefficient (Wildman–Crippen LogP) is 4.57. The summed E-state index contributed by atoms with van der Waals surface area (Å²) >= 11 is 0. The minimum atomic E-state index is -1.09. The first-order valence-electron chi connectivity index (χ1n) is 9.62. The van der Waals surface area contributed by atoms with Crippen molar-refractivity contribution in [3.05, 3.63) is 0 Å². The third-order valence-electron chi connectivity index (χ3n) is 4.72. The third-order valence-corrected chi connectivity index (χ3v) is 4.72. The molecule has 0 rings (SSSR count). The van der Waals surface area contributed by atoms with Crippen molar-refractivity contribution in [1.82, 2.24) is 0 Å². The van der Waals surface area contributed by atoms with Crippen molar-refractivity contribution in [2.45, 2.75) is 115 Å². The third kappa shape index (κ3) is 10.6. The van der Waals surface area contributed by atoms with E-state index in [1.807, 2.05) is 0 Å². The summed E-state index contributed by atoms with van der Waals surface area (Å²) in [5.74, 6) is 0. The maximum absolute atomic E-state index is 10.6. The Morgan fingerprint density at radius 1 is 0.682 bits per heavy atom. The van der Waals surface area contributed by atoms with Gasteiger partial charge in [-0.15, -0.1) is 0 Å². The largest absolute Gasteiger partial charge is 0.394 e. The van der Waals surface area contributed by atoms with Gasteiger partial charge in [-0.2, -0.15) is 0 Å². The number of aliphatic hydroxyl groups is 3. The first-order chi connectivity index (χ1) is 10.6. The number of unbranched alkanes of at least 4 members (excludes halogenated alkanes) is 10. The Hall–Kier alpha value is -0.120. The van der Waals surface area contributed by atoms with Crippen molar-refractivity contribution >= 4 is 0 Å². The minimum absolute atomic E-state index is 0.346. The van der Waals surface area contributed by atoms with Gasteiger partial charge < -0.3 is 15.3 Å². The molecule has 0 fully saturated rings. The molecule has 0 heterocycles. The molecule has 134 valence electrons. The van der Waals surface area contributed by atoms with Gasteiger partial charge in [0.15, 0.2) is 0 Å². The van der Waals surface area contributed by atoms with Gasteiger partial charge >= 0.3 is 0 Å². The zero-order valence-electron chi connectivity index (χ0n) is 15.0. The van der Waals surface area contributed by atoms with Crippen molar-refractivity contribution < 1.29 is 15.3 Å². The highest BCUT2D eigenvalue weighted by atomic mass is 16.4. The van der Waals surface area contributed by atoms with Gasteiger partial charge in [-0.05, 0) is 12.8 Å². The van der Waals surface area contributed by atoms with E-state index < -0.39 is 11.7 Å². The molecule has 0 saturated heterocycles. The molecule has 0 bridgehead atoms. The summed E-state index contributed by atoms with van der Waals surface area (Å²) < 4.78 is 0. The molecule has 3 heteroatoms. The number of hydrogen-bond donors (Lipinski definition) is 3. The lowest BCUT2D eigenvalue weighted by Crippen LogP contribution is -2.44. The predicted molar refractivity (Wildman–Crippen MR) is 94.0 cm³/mol. The van der Waals surface area contributed by atoms with E-state index in [0.29, 0.717) is 12.8 Å². The molecule has 2 atom stereocenters. The summed E-state index contributed by atoms with van der Waals surface area (Å²) in [6, 6.07) is 0. The molecule has 3 N–H and O–H groups in total. The fourth-order valence-electron chi connectivity index (χ4n) is 3.05. The van der Waals surface area contributed by atoms with E-state index in [9.17, 15) is 15.3 Å². The molecule has 0 saturated carbocycles. The molecule has 0 aliphatic carbocycles. The van der Waals surface area contributed by atoms with E-state index in [-0.39, 0.29) is 6.61 Å². The van der Waals surface area contributed by atoms with Crippen LogP contribution in [0.3, 0.4) is 0 Å². The molecule has 2 unspecified atom stereocenters. The van der Waals surface area contributed by atoms with Crippen LogP contribution in [0, 0.1) is 0 Å². The van der Waals surface area contributed by atoms with Crippen LogP contribution in [0.25, 0.3) is 0 Å². The van der Waals surface area contributed by atoms with Gasteiger partial charge in [0.25, 0.3) is 0 Å². The Bertz CT molecular complexity index is 233. The number of aliphatic hydroxyl groups excluding tert-OH is 2. The van der Waals surface area contributed by atoms with Crippen molar-refractivity contribution in [2.75, 3.05) is 6.61 Å². The maximum atomic E-state index is 10.6. The summed E-state index contributed by atoms with van der Waals surface area (Å²) in [5.41, 5.74) is -1.09. The van der Waals surface area contributed by atoms with E-state index in [0.717, 1.165) is 25.7 Å². The smallest absolute Gasteiger partial charge is 0.106 e. The summed E-state index contributed by atoms with van der Waals surface area (Å²) in [4.78, 5) is 0. The molecule has 0 amide bonds. The summed E-state index contributed by atoms with van der Waals surface area (Å²) in [7, 11) is 0. The molecular formula is C19H40O3. The van der Waals surface area contributed by atoms with Crippen LogP contribution in [0.15, 0.2) is 0 Å². The fourth-order valence-corrected chi connectivity index (χ4v) is 3.05. The van der Waals surface area contributed by atoms with E-state index >= 15 is 0 Å². The molecular weight excluding hydrogens is 276 g/mol. The van der Waals surface area contributed by atoms with Crippen molar-refractivity contribution in [3.63, 3.8) is 0 Å². The van der Waals surface area contributed by atoms with E-state index in [4.69, 9.17) is 0 Å². The molecule has 0 aromatic carbocycles. The monoisotopic (exact) mass is 316 g/mol. The van der Waals surface area contributed by atoms with Crippen LogP contribution in [0.4, 0.5) is 0 Å². The van der Waals surface area contributed by atoms with E-state index in [1.54, 1.807) is 0 Å². The van der Waals surface area contributed by atoms with Crippen molar-refractivity contribution in [2.24, 2.45) is 0 Å². The lowest BCUT2D eigenvalue weighted by Gasteiger charge is -2.32. The average Bonchev–Trinajstić information content (AvgIpc) is 2.53. The molecule has 3 nitrogen and oxygen atoms in total. The maximum Gasteiger partial charge on any atom is 0.106 e. The number of hydrogen-bond acceptors (Lipinski definition) is 3.